The van der Waals surface area contributed by atoms with Gasteiger partial charge in [-0.2, -0.15) is 0 Å². The van der Waals surface area contributed by atoms with Crippen LogP contribution in [0.1, 0.15) is 98.8 Å². The van der Waals surface area contributed by atoms with Crippen LogP contribution in [0.5, 0.6) is 0 Å². The smallest absolute Gasteiger partial charge is 0.0577 e. The SMILES string of the molecule is CC[C@@H](C)C/C=C/[C@H](C)[C@@H]1CC[C@H]2[C@H]3CC=C4C[C@H](O)CC[C@@]4(C)[C@H]3CC[C@]21C. The summed E-state index contributed by atoms with van der Waals surface area (Å²) in [5.41, 5.74) is 2.53. The first-order valence-corrected chi connectivity index (χ1v) is 12.8. The molecule has 0 saturated heterocycles. The van der Waals surface area contributed by atoms with Crippen molar-refractivity contribution in [3.63, 3.8) is 0 Å². The second kappa shape index (κ2) is 8.18. The van der Waals surface area contributed by atoms with Crippen molar-refractivity contribution in [2.75, 3.05) is 0 Å². The van der Waals surface area contributed by atoms with E-state index in [9.17, 15) is 5.11 Å². The molecular weight excluding hydrogens is 352 g/mol. The minimum absolute atomic E-state index is 0.0846. The number of aliphatic hydroxyl groups excluding tert-OH is 1. The van der Waals surface area contributed by atoms with Crippen LogP contribution in [0, 0.1) is 46.3 Å². The molecule has 3 fully saturated rings. The Morgan fingerprint density at radius 1 is 1.10 bits per heavy atom. The largest absolute Gasteiger partial charge is 0.393 e. The molecule has 0 heterocycles. The standard InChI is InChI=1S/C28H46O/c1-6-19(2)8-7-9-20(3)24-12-13-25-23-11-10-21-18-22(29)14-16-27(21,4)26(23)15-17-28(24,25)5/h7,9-10,19-20,22-26,29H,6,8,11-18H2,1-5H3/b9-7+/t19-,20+,22-,23-,24+,25+,26+,27-,28+/m1/s1. The molecule has 4 aliphatic rings. The molecule has 164 valence electrons. The Morgan fingerprint density at radius 3 is 2.66 bits per heavy atom. The van der Waals surface area contributed by atoms with E-state index < -0.39 is 0 Å². The molecule has 0 bridgehead atoms. The number of aliphatic hydroxyl groups is 1. The first kappa shape index (κ1) is 21.7. The van der Waals surface area contributed by atoms with E-state index in [2.05, 4.69) is 52.8 Å². The third kappa shape index (κ3) is 3.68. The van der Waals surface area contributed by atoms with Crippen LogP contribution in [0.3, 0.4) is 0 Å². The molecule has 4 rings (SSSR count). The van der Waals surface area contributed by atoms with E-state index in [0.29, 0.717) is 10.8 Å². The first-order valence-electron chi connectivity index (χ1n) is 12.8. The summed E-state index contributed by atoms with van der Waals surface area (Å²) in [4.78, 5) is 0. The highest BCUT2D eigenvalue weighted by atomic mass is 16.3. The van der Waals surface area contributed by atoms with Gasteiger partial charge < -0.3 is 5.11 Å². The molecule has 9 atom stereocenters. The Hall–Kier alpha value is -0.560. The van der Waals surface area contributed by atoms with E-state index in [1.807, 2.05) is 0 Å². The van der Waals surface area contributed by atoms with Crippen molar-refractivity contribution in [1.82, 2.24) is 0 Å². The van der Waals surface area contributed by atoms with Gasteiger partial charge in [0, 0.05) is 0 Å². The molecule has 0 unspecified atom stereocenters. The highest BCUT2D eigenvalue weighted by molar-refractivity contribution is 5.25. The van der Waals surface area contributed by atoms with Crippen molar-refractivity contribution < 1.29 is 5.11 Å². The van der Waals surface area contributed by atoms with Crippen molar-refractivity contribution in [3.8, 4) is 0 Å². The molecular formula is C28H46O. The van der Waals surface area contributed by atoms with Crippen LogP contribution in [0.25, 0.3) is 0 Å². The van der Waals surface area contributed by atoms with Crippen molar-refractivity contribution in [2.45, 2.75) is 105 Å². The van der Waals surface area contributed by atoms with Gasteiger partial charge in [0.25, 0.3) is 0 Å². The van der Waals surface area contributed by atoms with E-state index in [-0.39, 0.29) is 6.10 Å². The van der Waals surface area contributed by atoms with Crippen LogP contribution < -0.4 is 0 Å². The maximum Gasteiger partial charge on any atom is 0.0577 e. The van der Waals surface area contributed by atoms with Crippen LogP contribution in [-0.2, 0) is 0 Å². The minimum atomic E-state index is -0.0846. The van der Waals surface area contributed by atoms with Crippen LogP contribution in [0.15, 0.2) is 23.8 Å². The van der Waals surface area contributed by atoms with Gasteiger partial charge in [-0.1, -0.05) is 64.8 Å². The van der Waals surface area contributed by atoms with Crippen LogP contribution >= 0.6 is 0 Å². The topological polar surface area (TPSA) is 20.2 Å². The summed E-state index contributed by atoms with van der Waals surface area (Å²) in [5.74, 6) is 5.08. The fraction of sp³-hybridized carbons (Fsp3) is 0.857. The number of rotatable bonds is 5. The monoisotopic (exact) mass is 398 g/mol. The van der Waals surface area contributed by atoms with Crippen molar-refractivity contribution in [2.24, 2.45) is 46.3 Å². The lowest BCUT2D eigenvalue weighted by molar-refractivity contribution is -0.0540. The Labute approximate surface area is 180 Å². The maximum atomic E-state index is 10.2. The highest BCUT2D eigenvalue weighted by Crippen LogP contribution is 2.67. The van der Waals surface area contributed by atoms with Crippen LogP contribution in [0.2, 0.25) is 0 Å². The maximum absolute atomic E-state index is 10.2. The van der Waals surface area contributed by atoms with E-state index in [1.165, 1.54) is 51.4 Å². The average Bonchev–Trinajstić information content (AvgIpc) is 3.05. The Bertz CT molecular complexity index is 647. The summed E-state index contributed by atoms with van der Waals surface area (Å²) >= 11 is 0. The highest BCUT2D eigenvalue weighted by Gasteiger charge is 2.58. The molecule has 0 aliphatic heterocycles. The second-order valence-corrected chi connectivity index (χ2v) is 11.9. The van der Waals surface area contributed by atoms with E-state index in [0.717, 1.165) is 48.3 Å². The van der Waals surface area contributed by atoms with E-state index in [1.54, 1.807) is 5.57 Å². The summed E-state index contributed by atoms with van der Waals surface area (Å²) in [7, 11) is 0. The van der Waals surface area contributed by atoms with Crippen LogP contribution in [-0.4, -0.2) is 11.2 Å². The zero-order chi connectivity index (χ0) is 20.8. The zero-order valence-corrected chi connectivity index (χ0v) is 19.8. The Morgan fingerprint density at radius 2 is 1.90 bits per heavy atom. The lowest BCUT2D eigenvalue weighted by Gasteiger charge is -2.58. The predicted molar refractivity (Wildman–Crippen MR) is 124 cm³/mol. The van der Waals surface area contributed by atoms with E-state index in [4.69, 9.17) is 0 Å². The quantitative estimate of drug-likeness (QED) is 0.474. The average molecular weight is 399 g/mol. The van der Waals surface area contributed by atoms with Gasteiger partial charge in [0.2, 0.25) is 0 Å². The molecule has 4 aliphatic carbocycles. The summed E-state index contributed by atoms with van der Waals surface area (Å²) in [6.45, 7) is 12.4. The third-order valence-corrected chi connectivity index (χ3v) is 10.5. The fourth-order valence-corrected chi connectivity index (χ4v) is 8.37. The molecule has 0 aromatic rings. The molecule has 0 spiro atoms. The molecule has 1 N–H and O–H groups in total. The first-order chi connectivity index (χ1) is 13.8. The molecule has 3 saturated carbocycles. The van der Waals surface area contributed by atoms with Gasteiger partial charge in [-0.15, -0.1) is 0 Å². The Kier molecular flexibility index (Phi) is 6.11. The van der Waals surface area contributed by atoms with Crippen molar-refractivity contribution >= 4 is 0 Å². The predicted octanol–water partition coefficient (Wildman–Crippen LogP) is 7.55. The van der Waals surface area contributed by atoms with Gasteiger partial charge in [-0.05, 0) is 104 Å². The molecule has 0 amide bonds. The molecule has 29 heavy (non-hydrogen) atoms. The summed E-state index contributed by atoms with van der Waals surface area (Å²) in [6.07, 6.45) is 20.3. The summed E-state index contributed by atoms with van der Waals surface area (Å²) in [5, 5.41) is 10.2. The molecule has 0 aromatic carbocycles. The second-order valence-electron chi connectivity index (χ2n) is 11.9. The number of hydrogen-bond donors (Lipinski definition) is 1. The minimum Gasteiger partial charge on any atom is -0.393 e. The molecule has 1 heteroatoms. The number of hydrogen-bond acceptors (Lipinski definition) is 1. The van der Waals surface area contributed by atoms with Gasteiger partial charge in [0.05, 0.1) is 6.10 Å². The lowest BCUT2D eigenvalue weighted by Crippen LogP contribution is -2.50. The van der Waals surface area contributed by atoms with Gasteiger partial charge in [-0.3, -0.25) is 0 Å². The van der Waals surface area contributed by atoms with Crippen molar-refractivity contribution in [3.05, 3.63) is 23.8 Å². The number of fused-ring (bicyclic) bond motifs is 5. The van der Waals surface area contributed by atoms with E-state index >= 15 is 0 Å². The van der Waals surface area contributed by atoms with Gasteiger partial charge in [0.15, 0.2) is 0 Å². The Balaban J connectivity index is 1.50. The number of allylic oxidation sites excluding steroid dienone is 3. The van der Waals surface area contributed by atoms with Gasteiger partial charge in [-0.25, -0.2) is 0 Å². The van der Waals surface area contributed by atoms with Crippen LogP contribution in [0.4, 0.5) is 0 Å². The lowest BCUT2D eigenvalue weighted by atomic mass is 9.47. The zero-order valence-electron chi connectivity index (χ0n) is 19.8. The fourth-order valence-electron chi connectivity index (χ4n) is 8.37. The van der Waals surface area contributed by atoms with Crippen molar-refractivity contribution in [1.29, 1.82) is 0 Å². The summed E-state index contributed by atoms with van der Waals surface area (Å²) in [6, 6.07) is 0. The van der Waals surface area contributed by atoms with Gasteiger partial charge >= 0.3 is 0 Å². The molecule has 1 nitrogen and oxygen atoms in total. The molecule has 0 aromatic heterocycles. The van der Waals surface area contributed by atoms with Gasteiger partial charge in [0.1, 0.15) is 0 Å². The summed E-state index contributed by atoms with van der Waals surface area (Å²) < 4.78 is 0. The molecule has 0 radical (unpaired) electrons. The normalized spacial score (nSPS) is 46.6. The third-order valence-electron chi connectivity index (χ3n) is 10.5.